The number of para-hydroxylation sites is 1. The quantitative estimate of drug-likeness (QED) is 0.851. The van der Waals surface area contributed by atoms with Gasteiger partial charge in [0.2, 0.25) is 5.96 Å². The molecule has 6 nitrogen and oxygen atoms in total. The Balaban J connectivity index is 1.89. The predicted molar refractivity (Wildman–Crippen MR) is 83.7 cm³/mol. The summed E-state index contributed by atoms with van der Waals surface area (Å²) >= 11 is 0. The number of benzene rings is 1. The number of carbonyl (C=O) groups is 1. The molecular formula is C16H21N3O3. The number of amides is 1. The van der Waals surface area contributed by atoms with Crippen molar-refractivity contribution in [2.45, 2.75) is 12.8 Å². The van der Waals surface area contributed by atoms with E-state index in [0.717, 1.165) is 31.9 Å². The van der Waals surface area contributed by atoms with Crippen LogP contribution in [0.3, 0.4) is 0 Å². The van der Waals surface area contributed by atoms with Crippen LogP contribution >= 0.6 is 0 Å². The van der Waals surface area contributed by atoms with Crippen molar-refractivity contribution >= 4 is 11.9 Å². The van der Waals surface area contributed by atoms with Gasteiger partial charge in [0.05, 0.1) is 26.3 Å². The smallest absolute Gasteiger partial charge is 0.264 e. The summed E-state index contributed by atoms with van der Waals surface area (Å²) in [6.45, 7) is 3.21. The van der Waals surface area contributed by atoms with Crippen molar-refractivity contribution in [3.63, 3.8) is 0 Å². The van der Waals surface area contributed by atoms with E-state index in [0.29, 0.717) is 30.2 Å². The minimum Gasteiger partial charge on any atom is -0.493 e. The molecule has 1 amide bonds. The molecule has 0 atom stereocenters. The highest BCUT2D eigenvalue weighted by molar-refractivity contribution is 6.08. The first-order valence-corrected chi connectivity index (χ1v) is 7.58. The molecule has 1 aromatic carbocycles. The number of rotatable bonds is 3. The van der Waals surface area contributed by atoms with Crippen molar-refractivity contribution in [1.29, 1.82) is 0 Å². The summed E-state index contributed by atoms with van der Waals surface area (Å²) in [4.78, 5) is 21.4. The normalized spacial score (nSPS) is 17.6. The van der Waals surface area contributed by atoms with Gasteiger partial charge in [-0.3, -0.25) is 14.7 Å². The van der Waals surface area contributed by atoms with Crippen molar-refractivity contribution in [2.75, 3.05) is 40.4 Å². The maximum absolute atomic E-state index is 12.9. The third-order valence-electron chi connectivity index (χ3n) is 4.09. The molecule has 0 saturated carbocycles. The van der Waals surface area contributed by atoms with Crippen LogP contribution in [-0.4, -0.2) is 62.1 Å². The number of guanidine groups is 1. The molecule has 0 aromatic heterocycles. The Morgan fingerprint density at radius 3 is 2.59 bits per heavy atom. The summed E-state index contributed by atoms with van der Waals surface area (Å²) in [5.41, 5.74) is 0.510. The Kier molecular flexibility index (Phi) is 4.18. The largest absolute Gasteiger partial charge is 0.493 e. The number of ether oxygens (including phenoxy) is 2. The summed E-state index contributed by atoms with van der Waals surface area (Å²) in [7, 11) is 3.12. The van der Waals surface area contributed by atoms with E-state index in [2.05, 4.69) is 9.89 Å². The number of hydrogen-bond acceptors (Lipinski definition) is 5. The molecule has 0 N–H and O–H groups in total. The monoisotopic (exact) mass is 303 g/mol. The van der Waals surface area contributed by atoms with Crippen molar-refractivity contribution < 1.29 is 14.3 Å². The van der Waals surface area contributed by atoms with Gasteiger partial charge in [-0.25, -0.2) is 0 Å². The number of nitrogens with zero attached hydrogens (tertiary/aromatic N) is 3. The molecule has 2 aliphatic rings. The van der Waals surface area contributed by atoms with E-state index in [-0.39, 0.29) is 5.91 Å². The summed E-state index contributed by atoms with van der Waals surface area (Å²) < 4.78 is 10.7. The second-order valence-electron chi connectivity index (χ2n) is 5.37. The number of methoxy groups -OCH3 is 2. The highest BCUT2D eigenvalue weighted by Gasteiger charge is 2.32. The van der Waals surface area contributed by atoms with E-state index in [1.54, 1.807) is 37.3 Å². The summed E-state index contributed by atoms with van der Waals surface area (Å²) in [5.74, 6) is 1.75. The fourth-order valence-corrected chi connectivity index (χ4v) is 3.02. The van der Waals surface area contributed by atoms with Gasteiger partial charge in [-0.1, -0.05) is 6.07 Å². The summed E-state index contributed by atoms with van der Waals surface area (Å²) in [6.07, 6.45) is 2.31. The number of aliphatic imine (C=N–C) groups is 1. The number of likely N-dealkylation sites (tertiary alicyclic amines) is 1. The van der Waals surface area contributed by atoms with Crippen LogP contribution in [0.15, 0.2) is 23.2 Å². The number of hydrogen-bond donors (Lipinski definition) is 0. The van der Waals surface area contributed by atoms with Crippen LogP contribution in [0.4, 0.5) is 0 Å². The first-order chi connectivity index (χ1) is 10.8. The molecule has 1 saturated heterocycles. The Labute approximate surface area is 130 Å². The Hall–Kier alpha value is -2.24. The van der Waals surface area contributed by atoms with Crippen LogP contribution in [-0.2, 0) is 0 Å². The molecule has 2 aliphatic heterocycles. The van der Waals surface area contributed by atoms with Crippen LogP contribution in [0.25, 0.3) is 0 Å². The Bertz CT molecular complexity index is 594. The Morgan fingerprint density at radius 2 is 1.91 bits per heavy atom. The van der Waals surface area contributed by atoms with E-state index in [4.69, 9.17) is 9.47 Å². The van der Waals surface area contributed by atoms with Crippen LogP contribution in [0.1, 0.15) is 23.2 Å². The summed E-state index contributed by atoms with van der Waals surface area (Å²) in [5, 5.41) is 0. The van der Waals surface area contributed by atoms with E-state index in [1.807, 2.05) is 0 Å². The second-order valence-corrected chi connectivity index (χ2v) is 5.37. The third-order valence-corrected chi connectivity index (χ3v) is 4.09. The van der Waals surface area contributed by atoms with Crippen molar-refractivity contribution in [1.82, 2.24) is 9.80 Å². The van der Waals surface area contributed by atoms with Gasteiger partial charge in [0.25, 0.3) is 5.91 Å². The lowest BCUT2D eigenvalue weighted by atomic mass is 10.1. The maximum Gasteiger partial charge on any atom is 0.264 e. The van der Waals surface area contributed by atoms with Crippen molar-refractivity contribution in [3.05, 3.63) is 23.8 Å². The SMILES string of the molecule is COc1cccc(C(=O)N2CCN=C2N2CCCC2)c1OC. The predicted octanol–water partition coefficient (Wildman–Crippen LogP) is 1.61. The van der Waals surface area contributed by atoms with Gasteiger partial charge >= 0.3 is 0 Å². The highest BCUT2D eigenvalue weighted by atomic mass is 16.5. The lowest BCUT2D eigenvalue weighted by Gasteiger charge is -2.26. The first-order valence-electron chi connectivity index (χ1n) is 7.58. The first kappa shape index (κ1) is 14.7. The standard InChI is InChI=1S/C16H21N3O3/c1-21-13-7-5-6-12(14(13)22-2)15(20)19-11-8-17-16(19)18-9-3-4-10-18/h5-7H,3-4,8-11H2,1-2H3. The van der Waals surface area contributed by atoms with Crippen LogP contribution in [0, 0.1) is 0 Å². The van der Waals surface area contributed by atoms with E-state index in [9.17, 15) is 4.79 Å². The molecule has 22 heavy (non-hydrogen) atoms. The molecule has 0 spiro atoms. The molecule has 1 fully saturated rings. The number of carbonyl (C=O) groups excluding carboxylic acids is 1. The molecule has 1 aromatic rings. The van der Waals surface area contributed by atoms with Gasteiger partial charge in [0.1, 0.15) is 0 Å². The molecule has 0 bridgehead atoms. The van der Waals surface area contributed by atoms with E-state index in [1.165, 1.54) is 0 Å². The van der Waals surface area contributed by atoms with Gasteiger partial charge in [-0.05, 0) is 25.0 Å². The second kappa shape index (κ2) is 6.25. The van der Waals surface area contributed by atoms with Gasteiger partial charge in [-0.15, -0.1) is 0 Å². The molecule has 2 heterocycles. The van der Waals surface area contributed by atoms with Gasteiger partial charge in [0, 0.05) is 19.6 Å². The average Bonchev–Trinajstić information content (AvgIpc) is 3.23. The molecule has 3 rings (SSSR count). The van der Waals surface area contributed by atoms with E-state index < -0.39 is 0 Å². The minimum atomic E-state index is -0.0844. The highest BCUT2D eigenvalue weighted by Crippen LogP contribution is 2.32. The molecular weight excluding hydrogens is 282 g/mol. The summed E-state index contributed by atoms with van der Waals surface area (Å²) in [6, 6.07) is 5.36. The fraction of sp³-hybridized carbons (Fsp3) is 0.500. The molecule has 0 radical (unpaired) electrons. The average molecular weight is 303 g/mol. The van der Waals surface area contributed by atoms with Crippen LogP contribution in [0.2, 0.25) is 0 Å². The zero-order valence-corrected chi connectivity index (χ0v) is 13.0. The lowest BCUT2D eigenvalue weighted by Crippen LogP contribution is -2.43. The molecule has 0 unspecified atom stereocenters. The zero-order chi connectivity index (χ0) is 15.5. The molecule has 0 aliphatic carbocycles. The molecule has 6 heteroatoms. The van der Waals surface area contributed by atoms with Gasteiger partial charge in [0.15, 0.2) is 11.5 Å². The van der Waals surface area contributed by atoms with Crippen LogP contribution < -0.4 is 9.47 Å². The minimum absolute atomic E-state index is 0.0844. The van der Waals surface area contributed by atoms with Crippen molar-refractivity contribution in [3.8, 4) is 11.5 Å². The Morgan fingerprint density at radius 1 is 1.14 bits per heavy atom. The van der Waals surface area contributed by atoms with Crippen LogP contribution in [0.5, 0.6) is 11.5 Å². The van der Waals surface area contributed by atoms with E-state index >= 15 is 0 Å². The third kappa shape index (κ3) is 2.49. The topological polar surface area (TPSA) is 54.4 Å². The lowest BCUT2D eigenvalue weighted by molar-refractivity contribution is 0.0842. The van der Waals surface area contributed by atoms with Crippen molar-refractivity contribution in [2.24, 2.45) is 4.99 Å². The molecule has 118 valence electrons. The zero-order valence-electron chi connectivity index (χ0n) is 13.0. The maximum atomic E-state index is 12.9. The van der Waals surface area contributed by atoms with Gasteiger partial charge < -0.3 is 14.4 Å². The van der Waals surface area contributed by atoms with Gasteiger partial charge in [-0.2, -0.15) is 0 Å². The fourth-order valence-electron chi connectivity index (χ4n) is 3.02.